The van der Waals surface area contributed by atoms with Gasteiger partial charge in [-0.15, -0.1) is 0 Å². The van der Waals surface area contributed by atoms with E-state index in [9.17, 15) is 14.4 Å². The predicted octanol–water partition coefficient (Wildman–Crippen LogP) is 4.06. The number of hydrogen-bond acceptors (Lipinski definition) is 7. The van der Waals surface area contributed by atoms with Crippen molar-refractivity contribution in [3.63, 3.8) is 0 Å². The molecule has 0 spiro atoms. The first-order valence-electron chi connectivity index (χ1n) is 14.0. The van der Waals surface area contributed by atoms with Crippen molar-refractivity contribution >= 4 is 46.1 Å². The van der Waals surface area contributed by atoms with Gasteiger partial charge in [-0.3, -0.25) is 9.59 Å². The fourth-order valence-electron chi connectivity index (χ4n) is 5.58. The van der Waals surface area contributed by atoms with Gasteiger partial charge in [0, 0.05) is 36.6 Å². The summed E-state index contributed by atoms with van der Waals surface area (Å²) in [5.41, 5.74) is 6.42. The highest BCUT2D eigenvalue weighted by Crippen LogP contribution is 2.39. The van der Waals surface area contributed by atoms with Gasteiger partial charge in [-0.05, 0) is 54.8 Å². The van der Waals surface area contributed by atoms with E-state index in [2.05, 4.69) is 16.0 Å². The molecule has 0 aromatic heterocycles. The van der Waals surface area contributed by atoms with Crippen LogP contribution < -0.4 is 20.9 Å². The zero-order valence-electron chi connectivity index (χ0n) is 22.9. The number of amides is 2. The monoisotopic (exact) mass is 552 g/mol. The second-order valence-electron chi connectivity index (χ2n) is 10.2. The molecule has 0 saturated carbocycles. The number of nitrogens with zero attached hydrogens (tertiary/aromatic N) is 1. The molecular weight excluding hydrogens is 520 g/mol. The van der Waals surface area contributed by atoms with Gasteiger partial charge in [0.15, 0.2) is 0 Å². The number of esters is 1. The average Bonchev–Trinajstić information content (AvgIpc) is 3.56. The van der Waals surface area contributed by atoms with Crippen LogP contribution in [0.2, 0.25) is 0 Å². The molecule has 1 unspecified atom stereocenters. The van der Waals surface area contributed by atoms with E-state index >= 15 is 0 Å². The number of ether oxygens (including phenoxy) is 2. The summed E-state index contributed by atoms with van der Waals surface area (Å²) in [5, 5.41) is 9.69. The first-order chi connectivity index (χ1) is 20.0. The highest BCUT2D eigenvalue weighted by Gasteiger charge is 2.31. The van der Waals surface area contributed by atoms with Gasteiger partial charge < -0.3 is 30.3 Å². The number of nitrogens with one attached hydrogen (secondary N) is 3. The van der Waals surface area contributed by atoms with Crippen molar-refractivity contribution in [3.05, 3.63) is 89.0 Å². The van der Waals surface area contributed by atoms with Crippen LogP contribution in [0.5, 0.6) is 0 Å². The van der Waals surface area contributed by atoms with Gasteiger partial charge >= 0.3 is 5.97 Å². The Morgan fingerprint density at radius 2 is 1.93 bits per heavy atom. The van der Waals surface area contributed by atoms with Crippen LogP contribution >= 0.6 is 0 Å². The number of anilines is 3. The smallest absolute Gasteiger partial charge is 0.338 e. The highest BCUT2D eigenvalue weighted by molar-refractivity contribution is 6.37. The van der Waals surface area contributed by atoms with Crippen LogP contribution in [0, 0.1) is 0 Å². The summed E-state index contributed by atoms with van der Waals surface area (Å²) in [6, 6.07) is 20.7. The van der Waals surface area contributed by atoms with Crippen molar-refractivity contribution in [3.8, 4) is 0 Å². The minimum absolute atomic E-state index is 0.0617. The first-order valence-corrected chi connectivity index (χ1v) is 14.0. The lowest BCUT2D eigenvalue weighted by atomic mass is 9.99. The van der Waals surface area contributed by atoms with Crippen LogP contribution in [-0.2, 0) is 25.5 Å². The fourth-order valence-corrected chi connectivity index (χ4v) is 5.58. The van der Waals surface area contributed by atoms with Crippen LogP contribution in [0.4, 0.5) is 17.1 Å². The maximum Gasteiger partial charge on any atom is 0.338 e. The molecular formula is C32H32N4O5. The van der Waals surface area contributed by atoms with E-state index in [1.54, 1.807) is 25.1 Å². The molecule has 9 nitrogen and oxygen atoms in total. The number of rotatable bonds is 7. The van der Waals surface area contributed by atoms with Crippen LogP contribution in [0.25, 0.3) is 11.3 Å². The lowest BCUT2D eigenvalue weighted by Crippen LogP contribution is -2.42. The number of fused-ring (bicyclic) bond motifs is 2. The van der Waals surface area contributed by atoms with Crippen LogP contribution in [0.3, 0.4) is 0 Å². The highest BCUT2D eigenvalue weighted by atomic mass is 16.5. The lowest BCUT2D eigenvalue weighted by molar-refractivity contribution is -0.121. The zero-order valence-corrected chi connectivity index (χ0v) is 22.9. The summed E-state index contributed by atoms with van der Waals surface area (Å²) in [6.45, 7) is 4.78. The van der Waals surface area contributed by atoms with E-state index in [1.807, 2.05) is 53.4 Å². The molecule has 3 aromatic carbocycles. The maximum atomic E-state index is 13.3. The summed E-state index contributed by atoms with van der Waals surface area (Å²) in [6.07, 6.45) is 0.996. The SMILES string of the molecule is CCOC(=O)c1ccc2c(c1)NC(=O)/C2=C(\Nc1ccc2c(c1)CCN2C(=O)CC1CNCCO1)c1ccccc1. The van der Waals surface area contributed by atoms with Crippen LogP contribution in [-0.4, -0.2) is 56.7 Å². The average molecular weight is 553 g/mol. The van der Waals surface area contributed by atoms with Crippen LogP contribution in [0.15, 0.2) is 66.7 Å². The molecule has 0 radical (unpaired) electrons. The molecule has 41 heavy (non-hydrogen) atoms. The number of hydrogen-bond donors (Lipinski definition) is 3. The fraction of sp³-hybridized carbons (Fsp3) is 0.281. The molecule has 1 fully saturated rings. The molecule has 3 aliphatic rings. The molecule has 0 aliphatic carbocycles. The standard InChI is InChI=1S/C32H32N4O5/c1-2-40-32(39)22-8-10-25-26(17-22)35-31(38)29(25)30(20-6-4-3-5-7-20)34-23-9-11-27-21(16-23)12-14-36(27)28(37)18-24-19-33-13-15-41-24/h3-11,16-17,24,33-34H,2,12-15,18-19H2,1H3,(H,35,38)/b30-29-. The van der Waals surface area contributed by atoms with Crippen LogP contribution in [0.1, 0.15) is 40.4 Å². The molecule has 1 saturated heterocycles. The minimum atomic E-state index is -0.433. The summed E-state index contributed by atoms with van der Waals surface area (Å²) in [5.74, 6) is -0.631. The molecule has 3 heterocycles. The maximum absolute atomic E-state index is 13.3. The van der Waals surface area contributed by atoms with E-state index in [1.165, 1.54) is 0 Å². The molecule has 210 valence electrons. The Morgan fingerprint density at radius 3 is 2.71 bits per heavy atom. The minimum Gasteiger partial charge on any atom is -0.462 e. The van der Waals surface area contributed by atoms with E-state index in [4.69, 9.17) is 9.47 Å². The van der Waals surface area contributed by atoms with Gasteiger partial charge in [-0.25, -0.2) is 4.79 Å². The second-order valence-corrected chi connectivity index (χ2v) is 10.2. The summed E-state index contributed by atoms with van der Waals surface area (Å²) < 4.78 is 10.9. The van der Waals surface area contributed by atoms with Crippen molar-refractivity contribution in [2.75, 3.05) is 48.4 Å². The van der Waals surface area contributed by atoms with Gasteiger partial charge in [0.1, 0.15) is 0 Å². The topological polar surface area (TPSA) is 109 Å². The lowest BCUT2D eigenvalue weighted by Gasteiger charge is -2.25. The van der Waals surface area contributed by atoms with E-state index in [0.717, 1.165) is 35.5 Å². The predicted molar refractivity (Wildman–Crippen MR) is 158 cm³/mol. The molecule has 1 atom stereocenters. The first kappa shape index (κ1) is 26.7. The third-order valence-corrected chi connectivity index (χ3v) is 7.54. The number of morpholine rings is 1. The number of benzene rings is 3. The van der Waals surface area contributed by atoms with Gasteiger partial charge in [0.2, 0.25) is 5.91 Å². The quantitative estimate of drug-likeness (QED) is 0.300. The zero-order chi connectivity index (χ0) is 28.3. The molecule has 3 aliphatic heterocycles. The summed E-state index contributed by atoms with van der Waals surface area (Å²) in [4.78, 5) is 40.5. The molecule has 2 amide bonds. The molecule has 3 N–H and O–H groups in total. The molecule has 0 bridgehead atoms. The van der Waals surface area contributed by atoms with E-state index in [0.29, 0.717) is 54.2 Å². The third kappa shape index (κ3) is 5.46. The Kier molecular flexibility index (Phi) is 7.54. The van der Waals surface area contributed by atoms with Gasteiger partial charge in [-0.1, -0.05) is 36.4 Å². The molecule has 9 heteroatoms. The van der Waals surface area contributed by atoms with Crippen molar-refractivity contribution in [1.82, 2.24) is 5.32 Å². The van der Waals surface area contributed by atoms with E-state index < -0.39 is 5.97 Å². The van der Waals surface area contributed by atoms with Crippen molar-refractivity contribution < 1.29 is 23.9 Å². The molecule has 6 rings (SSSR count). The Balaban J connectivity index is 1.30. The normalized spacial score (nSPS) is 18.8. The number of carbonyl (C=O) groups excluding carboxylic acids is 3. The van der Waals surface area contributed by atoms with E-state index in [-0.39, 0.29) is 24.5 Å². The van der Waals surface area contributed by atoms with Gasteiger partial charge in [-0.2, -0.15) is 0 Å². The van der Waals surface area contributed by atoms with Crippen molar-refractivity contribution in [2.24, 2.45) is 0 Å². The summed E-state index contributed by atoms with van der Waals surface area (Å²) >= 11 is 0. The number of carbonyl (C=O) groups is 3. The van der Waals surface area contributed by atoms with Crippen molar-refractivity contribution in [1.29, 1.82) is 0 Å². The van der Waals surface area contributed by atoms with Gasteiger partial charge in [0.05, 0.1) is 48.3 Å². The Morgan fingerprint density at radius 1 is 1.07 bits per heavy atom. The largest absolute Gasteiger partial charge is 0.462 e. The molecule has 3 aromatic rings. The second kappa shape index (κ2) is 11.6. The Labute approximate surface area is 238 Å². The third-order valence-electron chi connectivity index (χ3n) is 7.54. The Bertz CT molecular complexity index is 1530. The van der Waals surface area contributed by atoms with Gasteiger partial charge in [0.25, 0.3) is 5.91 Å². The Hall–Kier alpha value is -4.47. The van der Waals surface area contributed by atoms with Crippen molar-refractivity contribution in [2.45, 2.75) is 25.9 Å². The summed E-state index contributed by atoms with van der Waals surface area (Å²) in [7, 11) is 0.